The summed E-state index contributed by atoms with van der Waals surface area (Å²) < 4.78 is 58.3. The highest BCUT2D eigenvalue weighted by atomic mass is 35.5. The zero-order valence-electron chi connectivity index (χ0n) is 19.0. The maximum absolute atomic E-state index is 15.0. The van der Waals surface area contributed by atoms with Gasteiger partial charge in [0.1, 0.15) is 17.4 Å². The molecule has 2 aromatic heterocycles. The van der Waals surface area contributed by atoms with Crippen molar-refractivity contribution >= 4 is 29.0 Å². The largest absolute Gasteiger partial charge is 0.496 e. The van der Waals surface area contributed by atoms with Gasteiger partial charge in [-0.3, -0.25) is 4.79 Å². The third kappa shape index (κ3) is 5.19. The smallest absolute Gasteiger partial charge is 0.477 e. The van der Waals surface area contributed by atoms with Gasteiger partial charge in [-0.2, -0.15) is 27.6 Å². The molecule has 5 rings (SSSR count). The number of aromatic amines is 1. The Morgan fingerprint density at radius 2 is 2.08 bits per heavy atom. The Bertz CT molecular complexity index is 1470. The molecule has 0 saturated carbocycles. The van der Waals surface area contributed by atoms with Crippen molar-refractivity contribution in [3.05, 3.63) is 69.0 Å². The van der Waals surface area contributed by atoms with Gasteiger partial charge < -0.3 is 4.74 Å². The molecule has 0 spiro atoms. The van der Waals surface area contributed by atoms with Crippen LogP contribution >= 0.6 is 11.6 Å². The molecular weight excluding hydrogens is 518 g/mol. The maximum Gasteiger partial charge on any atom is 0.496 e. The maximum atomic E-state index is 15.0. The lowest BCUT2D eigenvalue weighted by atomic mass is 10.0. The summed E-state index contributed by atoms with van der Waals surface area (Å²) in [5.41, 5.74) is 2.23. The zero-order chi connectivity index (χ0) is 26.3. The minimum absolute atomic E-state index is 0.0118. The SMILES string of the molecule is O=C(Nc1cc(Cl)c(-c2ccc(OCCC(F)(F)F)nc2)cc1F)[N+]1=C2CC[C@H]1Cc1cc(=O)[nH]nc12. The molecule has 0 aliphatic carbocycles. The lowest BCUT2D eigenvalue weighted by Gasteiger charge is -2.18. The molecule has 1 aromatic carbocycles. The highest BCUT2D eigenvalue weighted by Crippen LogP contribution is 2.34. The minimum Gasteiger partial charge on any atom is -0.477 e. The fourth-order valence-corrected chi connectivity index (χ4v) is 4.80. The molecule has 3 aromatic rings. The number of fused-ring (bicyclic) bond motifs is 3. The standard InChI is InChI=1S/C24H18ClF4N5O3/c25-16-10-18(17(26)9-15(16)12-1-4-21(30-11-12)37-6-5-24(27,28)29)31-23(36)34-14-2-3-19(34)22-13(7-14)8-20(35)32-33-22/h1,4,8-11,14H,2-3,5-7H2,(H,31,36)/p+1/t14-/m0/s1. The number of carbonyl (C=O) groups is 1. The predicted molar refractivity (Wildman–Crippen MR) is 126 cm³/mol. The van der Waals surface area contributed by atoms with Crippen LogP contribution in [0.1, 0.15) is 30.5 Å². The molecule has 2 bridgehead atoms. The van der Waals surface area contributed by atoms with Crippen LogP contribution < -0.4 is 15.6 Å². The Labute approximate surface area is 212 Å². The van der Waals surface area contributed by atoms with Crippen LogP contribution in [0.25, 0.3) is 11.1 Å². The van der Waals surface area contributed by atoms with Crippen LogP contribution in [0.2, 0.25) is 5.02 Å². The number of hydrogen-bond acceptors (Lipinski definition) is 5. The van der Waals surface area contributed by atoms with Gasteiger partial charge in [0.05, 0.1) is 18.1 Å². The summed E-state index contributed by atoms with van der Waals surface area (Å²) in [6, 6.07) is 6.03. The zero-order valence-corrected chi connectivity index (χ0v) is 19.8. The summed E-state index contributed by atoms with van der Waals surface area (Å²) >= 11 is 6.37. The molecular formula is C24H19ClF4N5O3+. The normalized spacial score (nSPS) is 16.5. The number of pyridine rings is 1. The number of rotatable bonds is 5. The molecule has 13 heteroatoms. The van der Waals surface area contributed by atoms with Gasteiger partial charge in [0.15, 0.2) is 11.5 Å². The number of carbonyl (C=O) groups excluding carboxylic acids is 1. The van der Waals surface area contributed by atoms with Crippen molar-refractivity contribution < 1.29 is 31.7 Å². The number of ether oxygens (including phenoxy) is 1. The van der Waals surface area contributed by atoms with Gasteiger partial charge in [0.2, 0.25) is 5.88 Å². The first-order chi connectivity index (χ1) is 17.6. The number of H-pyrrole nitrogens is 1. The average molecular weight is 537 g/mol. The van der Waals surface area contributed by atoms with E-state index in [0.717, 1.165) is 11.6 Å². The van der Waals surface area contributed by atoms with E-state index < -0.39 is 31.1 Å². The molecule has 2 aliphatic heterocycles. The van der Waals surface area contributed by atoms with Crippen molar-refractivity contribution in [2.24, 2.45) is 0 Å². The third-order valence-corrected chi connectivity index (χ3v) is 6.50. The van der Waals surface area contributed by atoms with E-state index in [-0.39, 0.29) is 33.8 Å². The Kier molecular flexibility index (Phi) is 6.44. The monoisotopic (exact) mass is 536 g/mol. The number of nitrogens with zero attached hydrogens (tertiary/aromatic N) is 3. The third-order valence-electron chi connectivity index (χ3n) is 6.19. The van der Waals surface area contributed by atoms with Crippen molar-refractivity contribution in [1.82, 2.24) is 15.2 Å². The summed E-state index contributed by atoms with van der Waals surface area (Å²) in [5, 5.41) is 9.17. The van der Waals surface area contributed by atoms with Crippen molar-refractivity contribution in [3.63, 3.8) is 0 Å². The number of benzene rings is 1. The number of aromatic nitrogens is 3. The number of amides is 2. The number of halogens is 5. The fraction of sp³-hybridized carbons (Fsp3) is 0.292. The summed E-state index contributed by atoms with van der Waals surface area (Å²) in [4.78, 5) is 28.6. The van der Waals surface area contributed by atoms with Gasteiger partial charge in [0.25, 0.3) is 5.56 Å². The number of hydrogen-bond donors (Lipinski definition) is 2. The van der Waals surface area contributed by atoms with Crippen LogP contribution in [-0.4, -0.2) is 50.3 Å². The first-order valence-electron chi connectivity index (χ1n) is 11.3. The second kappa shape index (κ2) is 9.58. The molecule has 2 N–H and O–H groups in total. The topological polar surface area (TPSA) is 100.0 Å². The molecule has 0 radical (unpaired) electrons. The molecule has 0 saturated heterocycles. The molecule has 8 nitrogen and oxygen atoms in total. The Morgan fingerprint density at radius 1 is 1.27 bits per heavy atom. The number of anilines is 1. The summed E-state index contributed by atoms with van der Waals surface area (Å²) in [7, 11) is 0. The van der Waals surface area contributed by atoms with Crippen LogP contribution in [0, 0.1) is 5.82 Å². The quantitative estimate of drug-likeness (QED) is 0.363. The van der Waals surface area contributed by atoms with Crippen molar-refractivity contribution in [3.8, 4) is 17.0 Å². The lowest BCUT2D eigenvalue weighted by Crippen LogP contribution is -2.40. The Morgan fingerprint density at radius 3 is 2.81 bits per heavy atom. The molecule has 192 valence electrons. The Balaban J connectivity index is 1.33. The highest BCUT2D eigenvalue weighted by molar-refractivity contribution is 6.33. The van der Waals surface area contributed by atoms with E-state index in [1.165, 1.54) is 35.0 Å². The van der Waals surface area contributed by atoms with Crippen LogP contribution in [0.4, 0.5) is 28.0 Å². The van der Waals surface area contributed by atoms with Gasteiger partial charge >= 0.3 is 12.2 Å². The van der Waals surface area contributed by atoms with Crippen molar-refractivity contribution in [2.45, 2.75) is 37.9 Å². The first-order valence-corrected chi connectivity index (χ1v) is 11.7. The molecule has 0 fully saturated rings. The molecule has 0 unspecified atom stereocenters. The molecule has 2 amide bonds. The lowest BCUT2D eigenvalue weighted by molar-refractivity contribution is -0.460. The van der Waals surface area contributed by atoms with Crippen molar-refractivity contribution in [2.75, 3.05) is 11.9 Å². The second-order valence-corrected chi connectivity index (χ2v) is 9.07. The van der Waals surface area contributed by atoms with Crippen LogP contribution in [0.15, 0.2) is 41.3 Å². The van der Waals surface area contributed by atoms with Gasteiger partial charge in [-0.25, -0.2) is 19.8 Å². The summed E-state index contributed by atoms with van der Waals surface area (Å²) in [5.74, 6) is -0.752. The van der Waals surface area contributed by atoms with E-state index in [1.54, 1.807) is 0 Å². The number of alkyl halides is 3. The summed E-state index contributed by atoms with van der Waals surface area (Å²) in [6.45, 7) is -0.573. The van der Waals surface area contributed by atoms with E-state index in [1.807, 2.05) is 0 Å². The Hall–Kier alpha value is -3.80. The van der Waals surface area contributed by atoms with Gasteiger partial charge in [0, 0.05) is 48.4 Å². The van der Waals surface area contributed by atoms with E-state index in [0.29, 0.717) is 36.2 Å². The van der Waals surface area contributed by atoms with Crippen LogP contribution in [0.5, 0.6) is 5.88 Å². The van der Waals surface area contributed by atoms with Crippen molar-refractivity contribution in [1.29, 1.82) is 0 Å². The minimum atomic E-state index is -4.34. The van der Waals surface area contributed by atoms with E-state index in [9.17, 15) is 27.2 Å². The fourth-order valence-electron chi connectivity index (χ4n) is 4.52. The van der Waals surface area contributed by atoms with Crippen LogP contribution in [-0.2, 0) is 6.42 Å². The predicted octanol–water partition coefficient (Wildman–Crippen LogP) is 4.71. The van der Waals surface area contributed by atoms with Gasteiger partial charge in [-0.1, -0.05) is 11.6 Å². The molecule has 37 heavy (non-hydrogen) atoms. The summed E-state index contributed by atoms with van der Waals surface area (Å²) in [6.07, 6.45) is -2.39. The molecule has 2 aliphatic rings. The molecule has 4 heterocycles. The number of nitrogens with one attached hydrogen (secondary N) is 2. The second-order valence-electron chi connectivity index (χ2n) is 8.66. The molecule has 1 atom stereocenters. The van der Waals surface area contributed by atoms with E-state index in [2.05, 4.69) is 20.5 Å². The van der Waals surface area contributed by atoms with Crippen LogP contribution in [0.3, 0.4) is 0 Å². The first kappa shape index (κ1) is 24.9. The average Bonchev–Trinajstić information content (AvgIpc) is 3.15. The van der Waals surface area contributed by atoms with E-state index in [4.69, 9.17) is 16.3 Å². The van der Waals surface area contributed by atoms with E-state index >= 15 is 0 Å². The highest BCUT2D eigenvalue weighted by Gasteiger charge is 2.42. The van der Waals surface area contributed by atoms with Gasteiger partial charge in [-0.15, -0.1) is 0 Å². The van der Waals surface area contributed by atoms with Gasteiger partial charge in [-0.05, 0) is 24.1 Å². The number of urea groups is 1.